The first-order valence-electron chi connectivity index (χ1n) is 7.12. The molecule has 4 heteroatoms. The number of ether oxygens (including phenoxy) is 1. The Morgan fingerprint density at radius 3 is 2.05 bits per heavy atom. The molecule has 2 atom stereocenters. The number of Topliss-reactive ketones (excluding diaryl/α,β-unsaturated/α-hetero) is 1. The van der Waals surface area contributed by atoms with Gasteiger partial charge in [0.2, 0.25) is 0 Å². The number of alkyl carbamates (subject to hydrolysis) is 1. The molecule has 22 heavy (non-hydrogen) atoms. The largest absolute Gasteiger partial charge is 0.453 e. The van der Waals surface area contributed by atoms with E-state index in [0.29, 0.717) is 5.56 Å². The van der Waals surface area contributed by atoms with Gasteiger partial charge in [-0.25, -0.2) is 4.79 Å². The molecule has 0 saturated heterocycles. The average Bonchev–Trinajstić information content (AvgIpc) is 2.59. The quantitative estimate of drug-likeness (QED) is 0.858. The van der Waals surface area contributed by atoms with Gasteiger partial charge in [0.05, 0.1) is 13.2 Å². The standard InChI is InChI=1S/C18H19NO3/c1-13(17(20)15-11-7-4-8-12-15)16(19-18(21)22-2)14-9-5-3-6-10-14/h3-13,16H,1-2H3,(H,19,21)/t13-,16+/m1/s1. The first-order valence-corrected chi connectivity index (χ1v) is 7.12. The maximum atomic E-state index is 12.6. The van der Waals surface area contributed by atoms with Gasteiger partial charge < -0.3 is 10.1 Å². The van der Waals surface area contributed by atoms with Crippen LogP contribution in [0.2, 0.25) is 0 Å². The Bertz CT molecular complexity index is 625. The zero-order valence-electron chi connectivity index (χ0n) is 12.7. The van der Waals surface area contributed by atoms with Gasteiger partial charge in [0.25, 0.3) is 0 Å². The third-order valence-corrected chi connectivity index (χ3v) is 3.59. The molecule has 0 heterocycles. The van der Waals surface area contributed by atoms with E-state index in [1.165, 1.54) is 7.11 Å². The number of hydrogen-bond acceptors (Lipinski definition) is 3. The highest BCUT2D eigenvalue weighted by Gasteiger charge is 2.27. The van der Waals surface area contributed by atoms with Gasteiger partial charge in [-0.2, -0.15) is 0 Å². The van der Waals surface area contributed by atoms with E-state index < -0.39 is 18.1 Å². The fourth-order valence-corrected chi connectivity index (χ4v) is 2.36. The third-order valence-electron chi connectivity index (χ3n) is 3.59. The number of methoxy groups -OCH3 is 1. The van der Waals surface area contributed by atoms with Crippen molar-refractivity contribution in [3.63, 3.8) is 0 Å². The molecule has 2 rings (SSSR count). The van der Waals surface area contributed by atoms with Crippen LogP contribution >= 0.6 is 0 Å². The van der Waals surface area contributed by atoms with Gasteiger partial charge in [0, 0.05) is 11.5 Å². The summed E-state index contributed by atoms with van der Waals surface area (Å²) in [6.07, 6.45) is -0.554. The summed E-state index contributed by atoms with van der Waals surface area (Å²) in [4.78, 5) is 24.3. The smallest absolute Gasteiger partial charge is 0.407 e. The van der Waals surface area contributed by atoms with Crippen LogP contribution in [0.15, 0.2) is 60.7 Å². The number of benzene rings is 2. The molecule has 0 aromatic heterocycles. The molecule has 0 aliphatic carbocycles. The van der Waals surface area contributed by atoms with Crippen LogP contribution in [-0.4, -0.2) is 19.0 Å². The SMILES string of the molecule is COC(=O)N[C@H](c1ccccc1)[C@@H](C)C(=O)c1ccccc1. The molecule has 1 amide bonds. The van der Waals surface area contributed by atoms with E-state index in [0.717, 1.165) is 5.56 Å². The summed E-state index contributed by atoms with van der Waals surface area (Å²) < 4.78 is 4.68. The maximum Gasteiger partial charge on any atom is 0.407 e. The van der Waals surface area contributed by atoms with Crippen LogP contribution in [0.5, 0.6) is 0 Å². The summed E-state index contributed by atoms with van der Waals surface area (Å²) in [6, 6.07) is 18.0. The Morgan fingerprint density at radius 2 is 1.50 bits per heavy atom. The van der Waals surface area contributed by atoms with Crippen LogP contribution in [0.3, 0.4) is 0 Å². The van der Waals surface area contributed by atoms with E-state index in [2.05, 4.69) is 10.1 Å². The van der Waals surface area contributed by atoms with Crippen molar-refractivity contribution in [1.29, 1.82) is 0 Å². The molecule has 0 radical (unpaired) electrons. The van der Waals surface area contributed by atoms with Gasteiger partial charge in [0.1, 0.15) is 0 Å². The molecular formula is C18H19NO3. The lowest BCUT2D eigenvalue weighted by Gasteiger charge is -2.24. The van der Waals surface area contributed by atoms with E-state index in [1.54, 1.807) is 12.1 Å². The summed E-state index contributed by atoms with van der Waals surface area (Å²) in [7, 11) is 1.31. The predicted octanol–water partition coefficient (Wildman–Crippen LogP) is 3.60. The van der Waals surface area contributed by atoms with Crippen molar-refractivity contribution in [2.24, 2.45) is 5.92 Å². The van der Waals surface area contributed by atoms with E-state index in [4.69, 9.17) is 0 Å². The van der Waals surface area contributed by atoms with Crippen molar-refractivity contribution in [3.8, 4) is 0 Å². The Labute approximate surface area is 130 Å². The molecular weight excluding hydrogens is 278 g/mol. The Morgan fingerprint density at radius 1 is 0.955 bits per heavy atom. The number of carbonyl (C=O) groups excluding carboxylic acids is 2. The highest BCUT2D eigenvalue weighted by atomic mass is 16.5. The molecule has 0 aliphatic rings. The lowest BCUT2D eigenvalue weighted by molar-refractivity contribution is 0.0898. The van der Waals surface area contributed by atoms with Crippen molar-refractivity contribution >= 4 is 11.9 Å². The number of nitrogens with one attached hydrogen (secondary N) is 1. The molecule has 0 saturated carbocycles. The average molecular weight is 297 g/mol. The van der Waals surface area contributed by atoms with Crippen molar-refractivity contribution in [2.75, 3.05) is 7.11 Å². The predicted molar refractivity (Wildman–Crippen MR) is 84.7 cm³/mol. The molecule has 2 aromatic carbocycles. The van der Waals surface area contributed by atoms with Crippen LogP contribution in [-0.2, 0) is 4.74 Å². The van der Waals surface area contributed by atoms with E-state index in [9.17, 15) is 9.59 Å². The van der Waals surface area contributed by atoms with Crippen molar-refractivity contribution in [1.82, 2.24) is 5.32 Å². The van der Waals surface area contributed by atoms with E-state index >= 15 is 0 Å². The van der Waals surface area contributed by atoms with E-state index in [1.807, 2.05) is 55.5 Å². The molecule has 0 aliphatic heterocycles. The lowest BCUT2D eigenvalue weighted by Crippen LogP contribution is -2.35. The van der Waals surface area contributed by atoms with E-state index in [-0.39, 0.29) is 5.78 Å². The number of amides is 1. The van der Waals surface area contributed by atoms with Gasteiger partial charge in [-0.05, 0) is 5.56 Å². The second-order valence-electron chi connectivity index (χ2n) is 5.04. The summed E-state index contributed by atoms with van der Waals surface area (Å²) in [5.41, 5.74) is 1.49. The zero-order chi connectivity index (χ0) is 15.9. The Hall–Kier alpha value is -2.62. The minimum absolute atomic E-state index is 0.0224. The van der Waals surface area contributed by atoms with Crippen molar-refractivity contribution < 1.29 is 14.3 Å². The molecule has 0 bridgehead atoms. The summed E-state index contributed by atoms with van der Waals surface area (Å²) in [5.74, 6) is -0.435. The van der Waals surface area contributed by atoms with Gasteiger partial charge in [0.15, 0.2) is 5.78 Å². The topological polar surface area (TPSA) is 55.4 Å². The van der Waals surface area contributed by atoms with Crippen molar-refractivity contribution in [3.05, 3.63) is 71.8 Å². The van der Waals surface area contributed by atoms with Crippen LogP contribution in [0.4, 0.5) is 4.79 Å². The van der Waals surface area contributed by atoms with Gasteiger partial charge in [-0.15, -0.1) is 0 Å². The lowest BCUT2D eigenvalue weighted by atomic mass is 9.88. The first-order chi connectivity index (χ1) is 10.6. The van der Waals surface area contributed by atoms with Crippen LogP contribution in [0.1, 0.15) is 28.9 Å². The zero-order valence-corrected chi connectivity index (χ0v) is 12.7. The second kappa shape index (κ2) is 7.41. The molecule has 1 N–H and O–H groups in total. The van der Waals surface area contributed by atoms with Gasteiger partial charge >= 0.3 is 6.09 Å². The Balaban J connectivity index is 2.28. The molecule has 0 fully saturated rings. The van der Waals surface area contributed by atoms with Crippen LogP contribution in [0.25, 0.3) is 0 Å². The summed E-state index contributed by atoms with van der Waals surface area (Å²) >= 11 is 0. The monoisotopic (exact) mass is 297 g/mol. The number of ketones is 1. The van der Waals surface area contributed by atoms with Gasteiger partial charge in [-0.1, -0.05) is 67.6 Å². The number of carbonyl (C=O) groups is 2. The number of hydrogen-bond donors (Lipinski definition) is 1. The normalized spacial score (nSPS) is 13.0. The van der Waals surface area contributed by atoms with Crippen LogP contribution in [0, 0.1) is 5.92 Å². The van der Waals surface area contributed by atoms with Gasteiger partial charge in [-0.3, -0.25) is 4.79 Å². The number of rotatable bonds is 5. The first kappa shape index (κ1) is 15.8. The summed E-state index contributed by atoms with van der Waals surface area (Å²) in [6.45, 7) is 1.81. The Kier molecular flexibility index (Phi) is 5.31. The minimum atomic E-state index is -0.554. The fourth-order valence-electron chi connectivity index (χ4n) is 2.36. The molecule has 114 valence electrons. The minimum Gasteiger partial charge on any atom is -0.453 e. The van der Waals surface area contributed by atoms with Crippen LogP contribution < -0.4 is 5.32 Å². The third kappa shape index (κ3) is 3.73. The molecule has 4 nitrogen and oxygen atoms in total. The van der Waals surface area contributed by atoms with Crippen molar-refractivity contribution in [2.45, 2.75) is 13.0 Å². The highest BCUT2D eigenvalue weighted by Crippen LogP contribution is 2.25. The summed E-state index contributed by atoms with van der Waals surface area (Å²) in [5, 5.41) is 2.75. The second-order valence-corrected chi connectivity index (χ2v) is 5.04. The fraction of sp³-hybridized carbons (Fsp3) is 0.222. The molecule has 2 aromatic rings. The highest BCUT2D eigenvalue weighted by molar-refractivity contribution is 5.98. The maximum absolute atomic E-state index is 12.6. The molecule has 0 spiro atoms. The molecule has 0 unspecified atom stereocenters.